The first kappa shape index (κ1) is 10.2. The van der Waals surface area contributed by atoms with E-state index >= 15 is 0 Å². The second kappa shape index (κ2) is 4.07. The van der Waals surface area contributed by atoms with E-state index in [0.717, 1.165) is 17.7 Å². The van der Waals surface area contributed by atoms with Gasteiger partial charge < -0.3 is 0 Å². The molecule has 1 aromatic carbocycles. The predicted molar refractivity (Wildman–Crippen MR) is 63.0 cm³/mol. The van der Waals surface area contributed by atoms with Gasteiger partial charge in [-0.25, -0.2) is 0 Å². The maximum absolute atomic E-state index is 5.95. The summed E-state index contributed by atoms with van der Waals surface area (Å²) < 4.78 is 1.68. The molecule has 0 aliphatic heterocycles. The smallest absolute Gasteiger partial charge is 0.127 e. The maximum Gasteiger partial charge on any atom is 0.127 e. The molecule has 0 aliphatic rings. The highest BCUT2D eigenvalue weighted by molar-refractivity contribution is 6.29. The van der Waals surface area contributed by atoms with Gasteiger partial charge >= 0.3 is 0 Å². The van der Waals surface area contributed by atoms with Gasteiger partial charge in [-0.05, 0) is 18.1 Å². The van der Waals surface area contributed by atoms with Gasteiger partial charge in [0.25, 0.3) is 0 Å². The molecule has 0 amide bonds. The van der Waals surface area contributed by atoms with Crippen molar-refractivity contribution in [1.29, 1.82) is 0 Å². The maximum atomic E-state index is 5.95. The van der Waals surface area contributed by atoms with Crippen LogP contribution in [-0.2, 0) is 13.5 Å². The van der Waals surface area contributed by atoms with Crippen LogP contribution in [-0.4, -0.2) is 9.78 Å². The number of aromatic nitrogens is 2. The highest BCUT2D eigenvalue weighted by atomic mass is 35.5. The van der Waals surface area contributed by atoms with Crippen LogP contribution in [0.1, 0.15) is 12.5 Å². The molecule has 15 heavy (non-hydrogen) atoms. The van der Waals surface area contributed by atoms with Crippen molar-refractivity contribution in [1.82, 2.24) is 9.78 Å². The summed E-state index contributed by atoms with van der Waals surface area (Å²) in [6.45, 7) is 2.14. The van der Waals surface area contributed by atoms with Crippen molar-refractivity contribution >= 4 is 11.6 Å². The second-order valence-corrected chi connectivity index (χ2v) is 3.92. The summed E-state index contributed by atoms with van der Waals surface area (Å²) in [6, 6.07) is 10.3. The van der Waals surface area contributed by atoms with Crippen molar-refractivity contribution in [2.45, 2.75) is 13.3 Å². The second-order valence-electron chi connectivity index (χ2n) is 3.53. The van der Waals surface area contributed by atoms with Crippen LogP contribution < -0.4 is 0 Å². The minimum atomic E-state index is 0.659. The lowest BCUT2D eigenvalue weighted by molar-refractivity contribution is 0.772. The van der Waals surface area contributed by atoms with Gasteiger partial charge in [-0.15, -0.1) is 0 Å². The number of halogens is 1. The number of rotatable bonds is 2. The van der Waals surface area contributed by atoms with Crippen LogP contribution in [0.3, 0.4) is 0 Å². The molecule has 0 fully saturated rings. The van der Waals surface area contributed by atoms with E-state index in [1.165, 1.54) is 5.56 Å². The van der Waals surface area contributed by atoms with Gasteiger partial charge in [0.1, 0.15) is 5.15 Å². The van der Waals surface area contributed by atoms with E-state index in [4.69, 9.17) is 11.6 Å². The van der Waals surface area contributed by atoms with Crippen molar-refractivity contribution in [2.75, 3.05) is 0 Å². The largest absolute Gasteiger partial charge is 0.256 e. The Balaban J connectivity index is 2.44. The van der Waals surface area contributed by atoms with Gasteiger partial charge in [0.2, 0.25) is 0 Å². The Kier molecular flexibility index (Phi) is 2.78. The number of nitrogens with zero attached hydrogens (tertiary/aromatic N) is 2. The molecule has 2 rings (SSSR count). The van der Waals surface area contributed by atoms with E-state index in [0.29, 0.717) is 5.15 Å². The van der Waals surface area contributed by atoms with Crippen molar-refractivity contribution in [3.05, 3.63) is 41.0 Å². The van der Waals surface area contributed by atoms with E-state index in [9.17, 15) is 0 Å². The zero-order valence-electron chi connectivity index (χ0n) is 8.87. The van der Waals surface area contributed by atoms with E-state index in [2.05, 4.69) is 36.3 Å². The molecule has 0 saturated heterocycles. The summed E-state index contributed by atoms with van der Waals surface area (Å²) in [5, 5.41) is 5.00. The molecule has 78 valence electrons. The van der Waals surface area contributed by atoms with E-state index in [-0.39, 0.29) is 0 Å². The van der Waals surface area contributed by atoms with Crippen molar-refractivity contribution < 1.29 is 0 Å². The fraction of sp³-hybridized carbons (Fsp3) is 0.250. The van der Waals surface area contributed by atoms with Crippen LogP contribution in [0.5, 0.6) is 0 Å². The van der Waals surface area contributed by atoms with Gasteiger partial charge in [0.05, 0.1) is 5.69 Å². The molecule has 1 aromatic heterocycles. The first-order valence-corrected chi connectivity index (χ1v) is 5.37. The lowest BCUT2D eigenvalue weighted by atomic mass is 10.1. The average Bonchev–Trinajstić information content (AvgIpc) is 2.59. The van der Waals surface area contributed by atoms with Crippen molar-refractivity contribution in [3.8, 4) is 11.3 Å². The summed E-state index contributed by atoms with van der Waals surface area (Å²) >= 11 is 5.95. The zero-order valence-corrected chi connectivity index (χ0v) is 9.62. The van der Waals surface area contributed by atoms with E-state index in [1.54, 1.807) is 4.68 Å². The Morgan fingerprint density at radius 1 is 1.33 bits per heavy atom. The number of aryl methyl sites for hydroxylation is 2. The number of benzene rings is 1. The molecule has 0 bridgehead atoms. The fourth-order valence-corrected chi connectivity index (χ4v) is 1.68. The molecule has 0 atom stereocenters. The van der Waals surface area contributed by atoms with E-state index in [1.807, 2.05) is 13.1 Å². The van der Waals surface area contributed by atoms with Crippen LogP contribution in [0.2, 0.25) is 5.15 Å². The first-order valence-electron chi connectivity index (χ1n) is 4.99. The Bertz CT molecular complexity index is 455. The molecule has 0 unspecified atom stereocenters. The van der Waals surface area contributed by atoms with Gasteiger partial charge in [-0.2, -0.15) is 5.10 Å². The Morgan fingerprint density at radius 3 is 2.73 bits per heavy atom. The summed E-state index contributed by atoms with van der Waals surface area (Å²) in [4.78, 5) is 0. The lowest BCUT2D eigenvalue weighted by Gasteiger charge is -1.99. The van der Waals surface area contributed by atoms with Gasteiger partial charge in [0, 0.05) is 18.7 Å². The predicted octanol–water partition coefficient (Wildman–Crippen LogP) is 3.30. The Morgan fingerprint density at radius 2 is 2.13 bits per heavy atom. The standard InChI is InChI=1S/C12H13ClN2/c1-3-9-5-4-6-10(7-9)11-8-12(13)15(2)14-11/h4-8H,3H2,1-2H3. The third-order valence-electron chi connectivity index (χ3n) is 2.45. The molecule has 0 N–H and O–H groups in total. The first-order chi connectivity index (χ1) is 7.20. The normalized spacial score (nSPS) is 10.6. The molecular weight excluding hydrogens is 208 g/mol. The minimum absolute atomic E-state index is 0.659. The van der Waals surface area contributed by atoms with Crippen LogP contribution in [0, 0.1) is 0 Å². The number of hydrogen-bond acceptors (Lipinski definition) is 1. The van der Waals surface area contributed by atoms with Crippen molar-refractivity contribution in [3.63, 3.8) is 0 Å². The average molecular weight is 221 g/mol. The highest BCUT2D eigenvalue weighted by Gasteiger charge is 2.05. The fourth-order valence-electron chi connectivity index (χ4n) is 1.54. The van der Waals surface area contributed by atoms with Crippen LogP contribution in [0.25, 0.3) is 11.3 Å². The van der Waals surface area contributed by atoms with Crippen molar-refractivity contribution in [2.24, 2.45) is 7.05 Å². The van der Waals surface area contributed by atoms with E-state index < -0.39 is 0 Å². The molecular formula is C12H13ClN2. The molecule has 3 heteroatoms. The summed E-state index contributed by atoms with van der Waals surface area (Å²) in [5.41, 5.74) is 3.36. The molecule has 1 heterocycles. The molecule has 0 aliphatic carbocycles. The molecule has 2 aromatic rings. The minimum Gasteiger partial charge on any atom is -0.256 e. The summed E-state index contributed by atoms with van der Waals surface area (Å²) in [5.74, 6) is 0. The lowest BCUT2D eigenvalue weighted by Crippen LogP contribution is -1.90. The van der Waals surface area contributed by atoms with Gasteiger partial charge in [-0.3, -0.25) is 4.68 Å². The molecule has 0 radical (unpaired) electrons. The highest BCUT2D eigenvalue weighted by Crippen LogP contribution is 2.22. The van der Waals surface area contributed by atoms with Crippen LogP contribution in [0.4, 0.5) is 0 Å². The Hall–Kier alpha value is -1.28. The topological polar surface area (TPSA) is 17.8 Å². The van der Waals surface area contributed by atoms with Gasteiger partial charge in [0.15, 0.2) is 0 Å². The number of hydrogen-bond donors (Lipinski definition) is 0. The van der Waals surface area contributed by atoms with Gasteiger partial charge in [-0.1, -0.05) is 36.7 Å². The Labute approximate surface area is 94.5 Å². The third-order valence-corrected chi connectivity index (χ3v) is 2.81. The zero-order chi connectivity index (χ0) is 10.8. The summed E-state index contributed by atoms with van der Waals surface area (Å²) in [6.07, 6.45) is 1.04. The summed E-state index contributed by atoms with van der Waals surface area (Å²) in [7, 11) is 1.84. The monoisotopic (exact) mass is 220 g/mol. The van der Waals surface area contributed by atoms with Crippen LogP contribution in [0.15, 0.2) is 30.3 Å². The van der Waals surface area contributed by atoms with Crippen LogP contribution >= 0.6 is 11.6 Å². The molecule has 2 nitrogen and oxygen atoms in total. The molecule has 0 spiro atoms. The SMILES string of the molecule is CCc1cccc(-c2cc(Cl)n(C)n2)c1. The third kappa shape index (κ3) is 2.05. The quantitative estimate of drug-likeness (QED) is 0.760. The molecule has 0 saturated carbocycles.